The maximum absolute atomic E-state index is 5.47. The van der Waals surface area contributed by atoms with E-state index in [2.05, 4.69) is 24.8 Å². The lowest BCUT2D eigenvalue weighted by molar-refractivity contribution is 1.06. The second kappa shape index (κ2) is 5.14. The molecular weight excluding hydrogens is 288 g/mol. The topological polar surface area (TPSA) is 89.6 Å². The Bertz CT molecular complexity index is 649. The van der Waals surface area contributed by atoms with Crippen molar-refractivity contribution in [1.29, 1.82) is 0 Å². The number of thiophene rings is 1. The number of hydrogen-bond acceptors (Lipinski definition) is 9. The molecule has 3 N–H and O–H groups in total. The molecule has 0 aliphatic heterocycles. The quantitative estimate of drug-likeness (QED) is 0.433. The summed E-state index contributed by atoms with van der Waals surface area (Å²) in [4.78, 5) is 13.9. The Hall–Kier alpha value is -1.29. The van der Waals surface area contributed by atoms with Gasteiger partial charge in [0.05, 0.1) is 11.1 Å². The highest BCUT2D eigenvalue weighted by Crippen LogP contribution is 2.27. The number of fused-ring (bicyclic) bond motifs is 1. The van der Waals surface area contributed by atoms with Crippen LogP contribution in [-0.4, -0.2) is 19.3 Å². The van der Waals surface area contributed by atoms with Crippen LogP contribution in [0.4, 0.5) is 5.82 Å². The monoisotopic (exact) mass is 296 g/mol. The third-order valence-corrected chi connectivity index (χ3v) is 4.77. The molecule has 0 aliphatic rings. The molecule has 0 aliphatic carbocycles. The van der Waals surface area contributed by atoms with Crippen molar-refractivity contribution in [2.24, 2.45) is 5.84 Å². The van der Waals surface area contributed by atoms with Gasteiger partial charge in [0.15, 0.2) is 10.2 Å². The Labute approximate surface area is 115 Å². The van der Waals surface area contributed by atoms with Crippen LogP contribution in [0.2, 0.25) is 0 Å². The molecule has 0 saturated heterocycles. The second-order valence-electron chi connectivity index (χ2n) is 3.27. The van der Waals surface area contributed by atoms with E-state index in [4.69, 9.17) is 5.84 Å². The van der Waals surface area contributed by atoms with Gasteiger partial charge in [0, 0.05) is 0 Å². The van der Waals surface area contributed by atoms with Crippen LogP contribution in [0.15, 0.2) is 22.1 Å². The summed E-state index contributed by atoms with van der Waals surface area (Å²) in [5.74, 6) is 7.52. The van der Waals surface area contributed by atoms with Crippen molar-refractivity contribution in [2.75, 3.05) is 5.43 Å². The van der Waals surface area contributed by atoms with Gasteiger partial charge in [0.2, 0.25) is 0 Å². The zero-order chi connectivity index (χ0) is 12.4. The Kier molecular flexibility index (Phi) is 3.37. The van der Waals surface area contributed by atoms with Gasteiger partial charge in [-0.2, -0.15) is 4.37 Å². The predicted octanol–water partition coefficient (Wildman–Crippen LogP) is 2.12. The Balaban J connectivity index is 1.87. The van der Waals surface area contributed by atoms with Crippen molar-refractivity contribution in [3.63, 3.8) is 0 Å². The number of nitrogens with two attached hydrogens (primary N) is 1. The smallest absolute Gasteiger partial charge is 0.170 e. The van der Waals surface area contributed by atoms with E-state index < -0.39 is 0 Å². The van der Waals surface area contributed by atoms with Crippen LogP contribution in [0.3, 0.4) is 0 Å². The maximum atomic E-state index is 5.47. The van der Waals surface area contributed by atoms with Gasteiger partial charge >= 0.3 is 0 Å². The molecule has 0 spiro atoms. The number of aromatic nitrogens is 4. The molecule has 92 valence electrons. The SMILES string of the molecule is NNc1nc(CSc2ncns2)nc2sccc12. The highest BCUT2D eigenvalue weighted by Gasteiger charge is 2.09. The molecule has 0 bridgehead atoms. The third-order valence-electron chi connectivity index (χ3n) is 2.17. The molecule has 6 nitrogen and oxygen atoms in total. The zero-order valence-corrected chi connectivity index (χ0v) is 11.5. The van der Waals surface area contributed by atoms with Crippen molar-refractivity contribution < 1.29 is 0 Å². The lowest BCUT2D eigenvalue weighted by Gasteiger charge is -2.03. The lowest BCUT2D eigenvalue weighted by atomic mass is 10.4. The van der Waals surface area contributed by atoms with Crippen molar-refractivity contribution in [3.05, 3.63) is 23.6 Å². The van der Waals surface area contributed by atoms with Gasteiger partial charge in [0.1, 0.15) is 17.0 Å². The fourth-order valence-electron chi connectivity index (χ4n) is 1.43. The van der Waals surface area contributed by atoms with E-state index in [0.717, 1.165) is 20.4 Å². The van der Waals surface area contributed by atoms with Crippen LogP contribution in [-0.2, 0) is 5.75 Å². The van der Waals surface area contributed by atoms with Crippen LogP contribution in [0.5, 0.6) is 0 Å². The zero-order valence-electron chi connectivity index (χ0n) is 9.03. The maximum Gasteiger partial charge on any atom is 0.170 e. The van der Waals surface area contributed by atoms with E-state index in [9.17, 15) is 0 Å². The van der Waals surface area contributed by atoms with E-state index in [-0.39, 0.29) is 0 Å². The molecule has 0 fully saturated rings. The van der Waals surface area contributed by atoms with Crippen LogP contribution < -0.4 is 11.3 Å². The van der Waals surface area contributed by atoms with Crippen molar-refractivity contribution in [1.82, 2.24) is 19.3 Å². The minimum absolute atomic E-state index is 0.651. The molecule has 3 rings (SSSR count). The lowest BCUT2D eigenvalue weighted by Crippen LogP contribution is -2.10. The first kappa shape index (κ1) is 11.8. The average molecular weight is 296 g/mol. The van der Waals surface area contributed by atoms with Crippen LogP contribution in [0, 0.1) is 0 Å². The summed E-state index contributed by atoms with van der Waals surface area (Å²) in [5.41, 5.74) is 2.61. The number of anilines is 1. The number of hydrogen-bond donors (Lipinski definition) is 2. The number of nitrogen functional groups attached to an aromatic ring is 1. The molecule has 3 aromatic rings. The van der Waals surface area contributed by atoms with Crippen molar-refractivity contribution in [3.8, 4) is 0 Å². The van der Waals surface area contributed by atoms with Gasteiger partial charge in [0.25, 0.3) is 0 Å². The summed E-state index contributed by atoms with van der Waals surface area (Å²) >= 11 is 4.51. The molecule has 3 aromatic heterocycles. The number of nitrogens with zero attached hydrogens (tertiary/aromatic N) is 4. The van der Waals surface area contributed by atoms with Crippen LogP contribution in [0.25, 0.3) is 10.2 Å². The number of nitrogens with one attached hydrogen (secondary N) is 1. The summed E-state index contributed by atoms with van der Waals surface area (Å²) < 4.78 is 4.86. The van der Waals surface area contributed by atoms with Gasteiger partial charge in [-0.25, -0.2) is 20.8 Å². The molecule has 3 heterocycles. The molecule has 0 saturated carbocycles. The first-order valence-corrected chi connectivity index (χ1v) is 7.61. The number of hydrazine groups is 1. The minimum atomic E-state index is 0.651. The van der Waals surface area contributed by atoms with E-state index in [0.29, 0.717) is 11.6 Å². The fourth-order valence-corrected chi connectivity index (χ4v) is 3.51. The second-order valence-corrected chi connectivity index (χ2v) is 6.17. The summed E-state index contributed by atoms with van der Waals surface area (Å²) in [6.07, 6.45) is 1.54. The average Bonchev–Trinajstić information content (AvgIpc) is 3.06. The molecule has 0 atom stereocenters. The van der Waals surface area contributed by atoms with Gasteiger partial charge in [-0.05, 0) is 23.0 Å². The molecular formula is C9H8N6S3. The van der Waals surface area contributed by atoms with E-state index in [1.165, 1.54) is 11.5 Å². The van der Waals surface area contributed by atoms with Gasteiger partial charge in [-0.1, -0.05) is 11.8 Å². The predicted molar refractivity (Wildman–Crippen MR) is 74.7 cm³/mol. The van der Waals surface area contributed by atoms with Crippen molar-refractivity contribution >= 4 is 50.7 Å². The summed E-state index contributed by atoms with van der Waals surface area (Å²) in [7, 11) is 0. The summed E-state index contributed by atoms with van der Waals surface area (Å²) in [6.45, 7) is 0. The van der Waals surface area contributed by atoms with Crippen LogP contribution >= 0.6 is 34.6 Å². The van der Waals surface area contributed by atoms with Gasteiger partial charge < -0.3 is 5.43 Å². The Morgan fingerprint density at radius 1 is 1.39 bits per heavy atom. The molecule has 0 amide bonds. The fraction of sp³-hybridized carbons (Fsp3) is 0.111. The van der Waals surface area contributed by atoms with Gasteiger partial charge in [-0.15, -0.1) is 11.3 Å². The minimum Gasteiger partial charge on any atom is -0.308 e. The van der Waals surface area contributed by atoms with E-state index in [1.54, 1.807) is 29.4 Å². The highest BCUT2D eigenvalue weighted by atomic mass is 32.2. The molecule has 9 heteroatoms. The highest BCUT2D eigenvalue weighted by molar-refractivity contribution is 8.00. The Morgan fingerprint density at radius 3 is 3.11 bits per heavy atom. The molecule has 0 aromatic carbocycles. The normalized spacial score (nSPS) is 10.9. The van der Waals surface area contributed by atoms with E-state index in [1.807, 2.05) is 11.4 Å². The largest absolute Gasteiger partial charge is 0.308 e. The first-order valence-electron chi connectivity index (χ1n) is 4.97. The molecule has 0 unspecified atom stereocenters. The summed E-state index contributed by atoms with van der Waals surface area (Å²) in [6, 6.07) is 1.96. The third kappa shape index (κ3) is 2.29. The van der Waals surface area contributed by atoms with Gasteiger partial charge in [-0.3, -0.25) is 0 Å². The first-order chi connectivity index (χ1) is 8.86. The summed E-state index contributed by atoms with van der Waals surface area (Å²) in [5, 5.41) is 2.93. The van der Waals surface area contributed by atoms with Crippen LogP contribution in [0.1, 0.15) is 5.82 Å². The number of rotatable bonds is 4. The molecule has 0 radical (unpaired) electrons. The molecule has 18 heavy (non-hydrogen) atoms. The van der Waals surface area contributed by atoms with E-state index >= 15 is 0 Å². The Morgan fingerprint density at radius 2 is 2.33 bits per heavy atom. The standard InChI is InChI=1S/C9H8N6S3/c10-15-7-5-1-2-16-8(5)14-6(13-7)3-17-9-11-4-12-18-9/h1-2,4H,3,10H2,(H,13,14,15). The number of thioether (sulfide) groups is 1. The van der Waals surface area contributed by atoms with Crippen molar-refractivity contribution in [2.45, 2.75) is 10.1 Å².